The molecule has 0 saturated carbocycles. The lowest BCUT2D eigenvalue weighted by Crippen LogP contribution is -2.26. The minimum Gasteiger partial charge on any atom is -0.350 e. The molecule has 17 heavy (non-hydrogen) atoms. The van der Waals surface area contributed by atoms with Crippen LogP contribution in [0.25, 0.3) is 0 Å². The van der Waals surface area contributed by atoms with Crippen molar-refractivity contribution in [3.63, 3.8) is 0 Å². The van der Waals surface area contributed by atoms with E-state index in [4.69, 9.17) is 23.4 Å². The summed E-state index contributed by atoms with van der Waals surface area (Å²) in [5.74, 6) is -0.571. The Bertz CT molecular complexity index is 486. The largest absolute Gasteiger partial charge is 0.350 e. The van der Waals surface area contributed by atoms with Crippen LogP contribution in [0.15, 0.2) is 18.2 Å². The van der Waals surface area contributed by atoms with Gasteiger partial charge in [0.25, 0.3) is 0 Å². The summed E-state index contributed by atoms with van der Waals surface area (Å²) in [7, 11) is 0. The fourth-order valence-corrected chi connectivity index (χ4v) is 1.93. The number of carbonyl (C=O) groups excluding carboxylic acids is 1. The predicted octanol–water partition coefficient (Wildman–Crippen LogP) is 2.92. The lowest BCUT2D eigenvalue weighted by Gasteiger charge is -2.15. The van der Waals surface area contributed by atoms with Crippen LogP contribution in [0.2, 0.25) is 5.02 Å². The Morgan fingerprint density at radius 1 is 1.65 bits per heavy atom. The van der Waals surface area contributed by atoms with Crippen LogP contribution < -0.4 is 10.4 Å². The molecule has 2 amide bonds. The summed E-state index contributed by atoms with van der Waals surface area (Å²) in [6, 6.07) is 3.12. The molecular formula is C9H11ClFN2O2PS. The van der Waals surface area contributed by atoms with E-state index in [0.717, 1.165) is 6.07 Å². The van der Waals surface area contributed by atoms with E-state index in [0.29, 0.717) is 11.8 Å². The van der Waals surface area contributed by atoms with E-state index in [1.165, 1.54) is 12.1 Å². The smallest absolute Gasteiger partial charge is 0.324 e. The number of anilines is 1. The van der Waals surface area contributed by atoms with Gasteiger partial charge < -0.3 is 10.2 Å². The molecular weight excluding hydrogens is 286 g/mol. The Morgan fingerprint density at radius 3 is 2.82 bits per heavy atom. The van der Waals surface area contributed by atoms with Crippen molar-refractivity contribution in [2.45, 2.75) is 6.92 Å². The SMILES string of the molecule is CCP(O)(=S)NC(=O)Nc1ccc(F)c(Cl)c1. The van der Waals surface area contributed by atoms with E-state index in [2.05, 4.69) is 10.4 Å². The normalized spacial score (nSPS) is 13.9. The number of rotatable bonds is 3. The standard InChI is InChI=1S/C9H11ClFN2O2PS/c1-2-16(15,17)13-9(14)12-6-3-4-8(11)7(10)5-6/h3-5H,2H2,1H3,(H3,12,13,14,15,17). The average Bonchev–Trinajstić information content (AvgIpc) is 2.23. The van der Waals surface area contributed by atoms with E-state index >= 15 is 0 Å². The molecule has 0 fully saturated rings. The van der Waals surface area contributed by atoms with Gasteiger partial charge in [0.05, 0.1) is 5.02 Å². The van der Waals surface area contributed by atoms with Crippen molar-refractivity contribution in [3.8, 4) is 0 Å². The molecule has 1 unspecified atom stereocenters. The minimum absolute atomic E-state index is 0.0956. The molecule has 1 atom stereocenters. The van der Waals surface area contributed by atoms with Crippen LogP contribution in [0.1, 0.15) is 6.92 Å². The average molecular weight is 297 g/mol. The lowest BCUT2D eigenvalue weighted by molar-refractivity contribution is 0.256. The highest BCUT2D eigenvalue weighted by Crippen LogP contribution is 2.34. The fraction of sp³-hybridized carbons (Fsp3) is 0.222. The maximum atomic E-state index is 12.9. The molecule has 0 aliphatic carbocycles. The third kappa shape index (κ3) is 4.60. The topological polar surface area (TPSA) is 61.4 Å². The summed E-state index contributed by atoms with van der Waals surface area (Å²) >= 11 is 10.3. The maximum absolute atomic E-state index is 12.9. The number of hydrogen-bond acceptors (Lipinski definition) is 2. The first-order chi connectivity index (χ1) is 7.84. The maximum Gasteiger partial charge on any atom is 0.324 e. The van der Waals surface area contributed by atoms with Crippen LogP contribution >= 0.6 is 18.0 Å². The van der Waals surface area contributed by atoms with Gasteiger partial charge in [0.15, 0.2) is 6.42 Å². The van der Waals surface area contributed by atoms with Gasteiger partial charge in [0.1, 0.15) is 5.82 Å². The quantitative estimate of drug-likeness (QED) is 0.752. The van der Waals surface area contributed by atoms with Crippen LogP contribution in [0.4, 0.5) is 14.9 Å². The highest BCUT2D eigenvalue weighted by atomic mass is 35.5. The zero-order valence-electron chi connectivity index (χ0n) is 8.91. The second kappa shape index (κ2) is 5.78. The number of carbonyl (C=O) groups is 1. The first kappa shape index (κ1) is 14.4. The molecule has 4 nitrogen and oxygen atoms in total. The van der Waals surface area contributed by atoms with E-state index < -0.39 is 18.3 Å². The van der Waals surface area contributed by atoms with E-state index in [9.17, 15) is 14.1 Å². The van der Waals surface area contributed by atoms with Crippen molar-refractivity contribution < 1.29 is 14.1 Å². The van der Waals surface area contributed by atoms with Gasteiger partial charge in [0, 0.05) is 11.8 Å². The summed E-state index contributed by atoms with van der Waals surface area (Å²) in [6.45, 7) is 1.68. The molecule has 0 spiro atoms. The third-order valence-corrected chi connectivity index (χ3v) is 4.63. The molecule has 1 aromatic rings. The molecule has 1 rings (SSSR count). The highest BCUT2D eigenvalue weighted by molar-refractivity contribution is 8.11. The Balaban J connectivity index is 2.69. The van der Waals surface area contributed by atoms with Crippen molar-refractivity contribution in [1.29, 1.82) is 0 Å². The predicted molar refractivity (Wildman–Crippen MR) is 70.6 cm³/mol. The van der Waals surface area contributed by atoms with Crippen molar-refractivity contribution in [2.75, 3.05) is 11.5 Å². The Labute approximate surface area is 108 Å². The molecule has 0 heterocycles. The van der Waals surface area contributed by atoms with Crippen LogP contribution in [0.3, 0.4) is 0 Å². The van der Waals surface area contributed by atoms with Gasteiger partial charge in [-0.2, -0.15) is 0 Å². The monoisotopic (exact) mass is 296 g/mol. The van der Waals surface area contributed by atoms with E-state index in [1.807, 2.05) is 0 Å². The Kier molecular flexibility index (Phi) is 4.89. The second-order valence-electron chi connectivity index (χ2n) is 3.21. The molecule has 0 saturated heterocycles. The number of amides is 2. The zero-order chi connectivity index (χ0) is 13.1. The van der Waals surface area contributed by atoms with Crippen molar-refractivity contribution >= 4 is 41.5 Å². The number of nitrogens with one attached hydrogen (secondary N) is 2. The summed E-state index contributed by atoms with van der Waals surface area (Å²) in [6.07, 6.45) is -2.53. The van der Waals surface area contributed by atoms with Crippen molar-refractivity contribution in [1.82, 2.24) is 5.09 Å². The first-order valence-electron chi connectivity index (χ1n) is 4.70. The van der Waals surface area contributed by atoms with Crippen LogP contribution in [0.5, 0.6) is 0 Å². The molecule has 1 aromatic carbocycles. The van der Waals surface area contributed by atoms with Crippen LogP contribution in [-0.4, -0.2) is 17.1 Å². The molecule has 0 bridgehead atoms. The molecule has 0 aliphatic heterocycles. The third-order valence-electron chi connectivity index (χ3n) is 1.88. The van der Waals surface area contributed by atoms with Crippen molar-refractivity contribution in [2.24, 2.45) is 0 Å². The number of benzene rings is 1. The zero-order valence-corrected chi connectivity index (χ0v) is 11.4. The van der Waals surface area contributed by atoms with Crippen LogP contribution in [-0.2, 0) is 11.8 Å². The van der Waals surface area contributed by atoms with E-state index in [-0.39, 0.29) is 5.02 Å². The van der Waals surface area contributed by atoms with Gasteiger partial charge in [0.2, 0.25) is 0 Å². The second-order valence-corrected chi connectivity index (χ2v) is 7.69. The van der Waals surface area contributed by atoms with Gasteiger partial charge in [-0.3, -0.25) is 5.09 Å². The van der Waals surface area contributed by atoms with Crippen molar-refractivity contribution in [3.05, 3.63) is 29.0 Å². The highest BCUT2D eigenvalue weighted by Gasteiger charge is 2.13. The van der Waals surface area contributed by atoms with Crippen LogP contribution in [0, 0.1) is 5.82 Å². The fourth-order valence-electron chi connectivity index (χ4n) is 0.971. The molecule has 8 heteroatoms. The summed E-state index contributed by atoms with van der Waals surface area (Å²) < 4.78 is 12.9. The number of hydrogen-bond donors (Lipinski definition) is 3. The summed E-state index contributed by atoms with van der Waals surface area (Å²) in [4.78, 5) is 21.0. The van der Waals surface area contributed by atoms with Gasteiger partial charge in [-0.15, -0.1) is 0 Å². The molecule has 0 aliphatic rings. The summed E-state index contributed by atoms with van der Waals surface area (Å²) in [5, 5.41) is 4.59. The molecule has 94 valence electrons. The first-order valence-corrected chi connectivity index (χ1v) is 8.02. The van der Waals surface area contributed by atoms with E-state index in [1.54, 1.807) is 6.92 Å². The molecule has 3 N–H and O–H groups in total. The molecule has 0 radical (unpaired) electrons. The Morgan fingerprint density at radius 2 is 2.29 bits per heavy atom. The lowest BCUT2D eigenvalue weighted by atomic mass is 10.3. The van der Waals surface area contributed by atoms with Gasteiger partial charge in [-0.1, -0.05) is 18.5 Å². The Hall–Kier alpha value is -0.680. The van der Waals surface area contributed by atoms with Gasteiger partial charge >= 0.3 is 6.03 Å². The van der Waals surface area contributed by atoms with Gasteiger partial charge in [-0.25, -0.2) is 9.18 Å². The number of halogens is 2. The minimum atomic E-state index is -2.82. The summed E-state index contributed by atoms with van der Waals surface area (Å²) in [5.41, 5.74) is 0.319. The molecule has 0 aromatic heterocycles. The number of urea groups is 1. The van der Waals surface area contributed by atoms with Gasteiger partial charge in [-0.05, 0) is 30.0 Å².